The Bertz CT molecular complexity index is 2170. The van der Waals surface area contributed by atoms with E-state index in [2.05, 4.69) is 107 Å². The van der Waals surface area contributed by atoms with Gasteiger partial charge in [0.25, 0.3) is 0 Å². The van der Waals surface area contributed by atoms with Crippen LogP contribution < -0.4 is 0 Å². The predicted octanol–water partition coefficient (Wildman–Crippen LogP) is 5.53. The van der Waals surface area contributed by atoms with Crippen LogP contribution in [-0.2, 0) is 26.2 Å². The lowest BCUT2D eigenvalue weighted by Crippen LogP contribution is -2.36. The summed E-state index contributed by atoms with van der Waals surface area (Å²) in [5.74, 6) is 3.99. The number of rotatable bonds is 8. The molecule has 5 heterocycles. The number of fused-ring (bicyclic) bond motifs is 4. The van der Waals surface area contributed by atoms with Crippen molar-refractivity contribution in [1.29, 1.82) is 0 Å². The van der Waals surface area contributed by atoms with E-state index in [1.165, 1.54) is 0 Å². The van der Waals surface area contributed by atoms with E-state index in [9.17, 15) is 0 Å². The van der Waals surface area contributed by atoms with Gasteiger partial charge in [0.15, 0.2) is 0 Å². The third-order valence-corrected chi connectivity index (χ3v) is 9.67. The minimum Gasteiger partial charge on any atom is -0.341 e. The van der Waals surface area contributed by atoms with Gasteiger partial charge in [0.2, 0.25) is 0 Å². The van der Waals surface area contributed by atoms with Crippen molar-refractivity contribution in [3.63, 3.8) is 0 Å². The number of nitrogens with one attached hydrogen (secondary N) is 3. The number of H-pyrrole nitrogens is 3. The molecular formula is C38H39N11. The minimum atomic E-state index is 0.634. The maximum atomic E-state index is 5.18. The fraction of sp³-hybridized carbons (Fsp3) is 0.263. The molecule has 0 saturated carbocycles. The van der Waals surface area contributed by atoms with E-state index in [-0.39, 0.29) is 0 Å². The number of benzene rings is 4. The second-order valence-electron chi connectivity index (χ2n) is 13.0. The van der Waals surface area contributed by atoms with E-state index < -0.39 is 0 Å². The van der Waals surface area contributed by atoms with Gasteiger partial charge >= 0.3 is 0 Å². The van der Waals surface area contributed by atoms with E-state index in [0.29, 0.717) is 6.54 Å². The summed E-state index contributed by atoms with van der Waals surface area (Å²) in [5.41, 5.74) is 8.36. The van der Waals surface area contributed by atoms with E-state index >= 15 is 0 Å². The maximum Gasteiger partial charge on any atom is 0.127 e. The second kappa shape index (κ2) is 12.9. The second-order valence-corrected chi connectivity index (χ2v) is 13.0. The lowest BCUT2D eigenvalue weighted by molar-refractivity contribution is 0.202. The normalized spacial score (nSPS) is 15.8. The molecule has 0 atom stereocenters. The Hall–Kier alpha value is -5.36. The summed E-state index contributed by atoms with van der Waals surface area (Å²) >= 11 is 0. The van der Waals surface area contributed by atoms with E-state index in [1.54, 1.807) is 0 Å². The smallest absolute Gasteiger partial charge is 0.127 e. The molecular weight excluding hydrogens is 610 g/mol. The maximum absolute atomic E-state index is 5.18. The molecule has 9 rings (SSSR count). The molecule has 49 heavy (non-hydrogen) atoms. The average molecular weight is 650 g/mol. The molecule has 0 unspecified atom stereocenters. The third-order valence-electron chi connectivity index (χ3n) is 9.67. The molecule has 0 amide bonds. The summed E-state index contributed by atoms with van der Waals surface area (Å²) in [7, 11) is 0. The van der Waals surface area contributed by atoms with Crippen molar-refractivity contribution < 1.29 is 0 Å². The highest BCUT2D eigenvalue weighted by Crippen LogP contribution is 2.21. The van der Waals surface area contributed by atoms with Gasteiger partial charge < -0.3 is 19.5 Å². The molecule has 0 bridgehead atoms. The van der Waals surface area contributed by atoms with Crippen LogP contribution in [0.15, 0.2) is 97.1 Å². The summed E-state index contributed by atoms with van der Waals surface area (Å²) in [6, 6.07) is 33.2. The number of nitrogens with zero attached hydrogens (tertiary/aromatic N) is 8. The first kappa shape index (κ1) is 29.8. The standard InChI is InChI=1S/C38H39N11/c1-2-10-28-27(9-1)39-35(40-28)23-46-17-18-47(24-36-41-29-11-3-4-12-30(29)42-36)20-22-48(21-19-46)26-38-45-33-15-7-8-16-34(33)49(38)25-37-43-31-13-5-6-14-32(31)44-37/h1-16H,17-26H2,(H,39,40)(H,41,42)(H,43,44). The van der Waals surface area contributed by atoms with Gasteiger partial charge in [0.1, 0.15) is 23.3 Å². The predicted molar refractivity (Wildman–Crippen MR) is 193 cm³/mol. The minimum absolute atomic E-state index is 0.634. The van der Waals surface area contributed by atoms with Gasteiger partial charge in [-0.1, -0.05) is 48.5 Å². The van der Waals surface area contributed by atoms with E-state index in [1.807, 2.05) is 24.3 Å². The van der Waals surface area contributed by atoms with Crippen LogP contribution in [0.5, 0.6) is 0 Å². The first-order valence-electron chi connectivity index (χ1n) is 17.1. The fourth-order valence-electron chi connectivity index (χ4n) is 7.10. The van der Waals surface area contributed by atoms with Crippen molar-refractivity contribution in [1.82, 2.24) is 54.2 Å². The molecule has 1 aliphatic rings. The molecule has 3 N–H and O–H groups in total. The number of imidazole rings is 4. The van der Waals surface area contributed by atoms with Crippen LogP contribution in [0.1, 0.15) is 23.3 Å². The monoisotopic (exact) mass is 649 g/mol. The Morgan fingerprint density at radius 3 is 1.27 bits per heavy atom. The van der Waals surface area contributed by atoms with Crippen molar-refractivity contribution >= 4 is 44.1 Å². The Balaban J connectivity index is 0.995. The van der Waals surface area contributed by atoms with Crippen molar-refractivity contribution in [3.05, 3.63) is 120 Å². The highest BCUT2D eigenvalue weighted by atomic mass is 15.3. The van der Waals surface area contributed by atoms with Gasteiger partial charge in [0, 0.05) is 39.3 Å². The SMILES string of the molecule is c1ccc2[nH]c(CN3CCN(Cc4nc5ccccc5[nH]4)CCN(Cc4nc5ccccc5n4Cc4nc5ccccc5[nH]4)CC3)nc2c1. The highest BCUT2D eigenvalue weighted by molar-refractivity contribution is 5.77. The Kier molecular flexibility index (Phi) is 7.85. The van der Waals surface area contributed by atoms with Crippen molar-refractivity contribution in [2.24, 2.45) is 0 Å². The average Bonchev–Trinajstić information content (AvgIpc) is 3.91. The van der Waals surface area contributed by atoms with Gasteiger partial charge in [-0.3, -0.25) is 14.7 Å². The van der Waals surface area contributed by atoms with E-state index in [0.717, 1.165) is 126 Å². The Labute approximate surface area is 283 Å². The molecule has 0 spiro atoms. The zero-order valence-corrected chi connectivity index (χ0v) is 27.4. The van der Waals surface area contributed by atoms with Crippen LogP contribution >= 0.6 is 0 Å². The zero-order valence-electron chi connectivity index (χ0n) is 27.4. The van der Waals surface area contributed by atoms with Crippen LogP contribution in [0.25, 0.3) is 44.1 Å². The summed E-state index contributed by atoms with van der Waals surface area (Å²) in [6.07, 6.45) is 0. The zero-order chi connectivity index (χ0) is 32.6. The summed E-state index contributed by atoms with van der Waals surface area (Å²) < 4.78 is 2.33. The largest absolute Gasteiger partial charge is 0.341 e. The Morgan fingerprint density at radius 1 is 0.408 bits per heavy atom. The molecule has 11 heteroatoms. The number of hydrogen-bond donors (Lipinski definition) is 3. The van der Waals surface area contributed by atoms with E-state index in [4.69, 9.17) is 19.9 Å². The van der Waals surface area contributed by atoms with Gasteiger partial charge in [0.05, 0.1) is 70.3 Å². The van der Waals surface area contributed by atoms with Gasteiger partial charge in [-0.2, -0.15) is 0 Å². The molecule has 4 aromatic heterocycles. The fourth-order valence-corrected chi connectivity index (χ4v) is 7.10. The topological polar surface area (TPSA) is 114 Å². The number of aromatic amines is 3. The molecule has 4 aromatic carbocycles. The molecule has 1 saturated heterocycles. The molecule has 1 aliphatic heterocycles. The Morgan fingerprint density at radius 2 is 0.796 bits per heavy atom. The van der Waals surface area contributed by atoms with Crippen LogP contribution in [0.2, 0.25) is 0 Å². The first-order valence-corrected chi connectivity index (χ1v) is 17.1. The molecule has 0 aliphatic carbocycles. The van der Waals surface area contributed by atoms with Gasteiger partial charge in [-0.25, -0.2) is 19.9 Å². The summed E-state index contributed by atoms with van der Waals surface area (Å²) in [4.78, 5) is 38.1. The number of hydrogen-bond acceptors (Lipinski definition) is 7. The highest BCUT2D eigenvalue weighted by Gasteiger charge is 2.22. The van der Waals surface area contributed by atoms with Crippen molar-refractivity contribution in [2.75, 3.05) is 39.3 Å². The first-order chi connectivity index (χ1) is 24.2. The lowest BCUT2D eigenvalue weighted by Gasteiger charge is -2.25. The van der Waals surface area contributed by atoms with Crippen molar-refractivity contribution in [2.45, 2.75) is 26.2 Å². The molecule has 8 aromatic rings. The third kappa shape index (κ3) is 6.31. The van der Waals surface area contributed by atoms with Crippen LogP contribution in [0, 0.1) is 0 Å². The van der Waals surface area contributed by atoms with Crippen LogP contribution in [0.3, 0.4) is 0 Å². The molecule has 0 radical (unpaired) electrons. The molecule has 1 fully saturated rings. The van der Waals surface area contributed by atoms with Crippen molar-refractivity contribution in [3.8, 4) is 0 Å². The summed E-state index contributed by atoms with van der Waals surface area (Å²) in [5, 5.41) is 0. The number of para-hydroxylation sites is 8. The lowest BCUT2D eigenvalue weighted by atomic mass is 10.3. The quantitative estimate of drug-likeness (QED) is 0.198. The van der Waals surface area contributed by atoms with Crippen LogP contribution in [0.4, 0.5) is 0 Å². The van der Waals surface area contributed by atoms with Gasteiger partial charge in [-0.15, -0.1) is 0 Å². The number of aromatic nitrogens is 8. The molecule has 11 nitrogen and oxygen atoms in total. The molecule has 246 valence electrons. The van der Waals surface area contributed by atoms with Gasteiger partial charge in [-0.05, 0) is 48.5 Å². The summed E-state index contributed by atoms with van der Waals surface area (Å²) in [6.45, 7) is 8.50. The van der Waals surface area contributed by atoms with Crippen LogP contribution in [-0.4, -0.2) is 93.4 Å².